The Labute approximate surface area is 119 Å². The molecule has 2 rings (SSSR count). The second-order valence-corrected chi connectivity index (χ2v) is 5.31. The van der Waals surface area contributed by atoms with Crippen molar-refractivity contribution in [1.29, 1.82) is 0 Å². The Morgan fingerprint density at radius 3 is 2.75 bits per heavy atom. The summed E-state index contributed by atoms with van der Waals surface area (Å²) in [6.07, 6.45) is 0. The zero-order valence-electron chi connectivity index (χ0n) is 12.0. The summed E-state index contributed by atoms with van der Waals surface area (Å²) in [5, 5.41) is 19.1. The Bertz CT molecular complexity index is 478. The van der Waals surface area contributed by atoms with Gasteiger partial charge in [-0.15, -0.1) is 0 Å². The molecule has 0 amide bonds. The first-order valence-corrected chi connectivity index (χ1v) is 7.02. The molecule has 0 bridgehead atoms. The van der Waals surface area contributed by atoms with E-state index in [0.717, 1.165) is 26.2 Å². The topological polar surface area (TPSA) is 64.0 Å². The first-order valence-electron chi connectivity index (χ1n) is 7.02. The van der Waals surface area contributed by atoms with Crippen LogP contribution in [-0.4, -0.2) is 58.2 Å². The lowest BCUT2D eigenvalue weighted by atomic mass is 10.0. The molecule has 110 valence electrons. The fourth-order valence-electron chi connectivity index (χ4n) is 2.93. The van der Waals surface area contributed by atoms with Crippen molar-refractivity contribution in [3.8, 4) is 5.75 Å². The number of phenolic OH excluding ortho intramolecular Hbond substituents is 1. The van der Waals surface area contributed by atoms with Gasteiger partial charge in [0.15, 0.2) is 0 Å². The van der Waals surface area contributed by atoms with Gasteiger partial charge in [0.25, 0.3) is 0 Å². The van der Waals surface area contributed by atoms with Crippen molar-refractivity contribution in [3.05, 3.63) is 29.8 Å². The standard InChI is InChI=1S/C15H22N2O3/c1-3-16-7-8-17(10-11(16)2)14(15(19)20)12-5-4-6-13(18)9-12/h4-6,9,11,14,18H,3,7-8,10H2,1-2H3,(H,19,20). The summed E-state index contributed by atoms with van der Waals surface area (Å²) in [7, 11) is 0. The van der Waals surface area contributed by atoms with E-state index in [1.165, 1.54) is 6.07 Å². The lowest BCUT2D eigenvalue weighted by molar-refractivity contribution is -0.144. The number of benzene rings is 1. The van der Waals surface area contributed by atoms with E-state index in [2.05, 4.69) is 18.7 Å². The van der Waals surface area contributed by atoms with Crippen LogP contribution < -0.4 is 0 Å². The van der Waals surface area contributed by atoms with Crippen molar-refractivity contribution in [2.75, 3.05) is 26.2 Å². The van der Waals surface area contributed by atoms with E-state index < -0.39 is 12.0 Å². The Morgan fingerprint density at radius 2 is 2.20 bits per heavy atom. The van der Waals surface area contributed by atoms with Crippen molar-refractivity contribution >= 4 is 5.97 Å². The van der Waals surface area contributed by atoms with E-state index in [0.29, 0.717) is 11.6 Å². The molecule has 1 aromatic rings. The average molecular weight is 278 g/mol. The summed E-state index contributed by atoms with van der Waals surface area (Å²) in [4.78, 5) is 16.0. The number of phenols is 1. The minimum atomic E-state index is -0.868. The van der Waals surface area contributed by atoms with Gasteiger partial charge in [-0.2, -0.15) is 0 Å². The van der Waals surface area contributed by atoms with E-state index in [4.69, 9.17) is 0 Å². The fourth-order valence-corrected chi connectivity index (χ4v) is 2.93. The van der Waals surface area contributed by atoms with Crippen LogP contribution in [0.1, 0.15) is 25.5 Å². The van der Waals surface area contributed by atoms with Gasteiger partial charge in [-0.05, 0) is 31.2 Å². The largest absolute Gasteiger partial charge is 0.508 e. The quantitative estimate of drug-likeness (QED) is 0.875. The predicted octanol–water partition coefficient (Wildman–Crippen LogP) is 1.54. The molecule has 2 atom stereocenters. The molecule has 0 aromatic heterocycles. The van der Waals surface area contributed by atoms with Crippen LogP contribution in [0.25, 0.3) is 0 Å². The summed E-state index contributed by atoms with van der Waals surface area (Å²) in [5.74, 6) is -0.762. The van der Waals surface area contributed by atoms with Gasteiger partial charge in [0.05, 0.1) is 0 Å². The van der Waals surface area contributed by atoms with Crippen molar-refractivity contribution in [2.45, 2.75) is 25.9 Å². The van der Waals surface area contributed by atoms with E-state index in [-0.39, 0.29) is 5.75 Å². The third-order valence-electron chi connectivity index (χ3n) is 3.99. The maximum atomic E-state index is 11.6. The number of aliphatic carboxylic acids is 1. The van der Waals surface area contributed by atoms with Crippen molar-refractivity contribution in [1.82, 2.24) is 9.80 Å². The van der Waals surface area contributed by atoms with Gasteiger partial charge in [-0.1, -0.05) is 19.1 Å². The van der Waals surface area contributed by atoms with E-state index in [1.54, 1.807) is 18.2 Å². The summed E-state index contributed by atoms with van der Waals surface area (Å²) in [5.41, 5.74) is 0.634. The molecule has 1 aliphatic heterocycles. The van der Waals surface area contributed by atoms with Crippen LogP contribution in [0, 0.1) is 0 Å². The van der Waals surface area contributed by atoms with Gasteiger partial charge in [-0.25, -0.2) is 0 Å². The smallest absolute Gasteiger partial charge is 0.325 e. The highest BCUT2D eigenvalue weighted by Gasteiger charge is 2.32. The maximum absolute atomic E-state index is 11.6. The van der Waals surface area contributed by atoms with Gasteiger partial charge in [0.1, 0.15) is 11.8 Å². The summed E-state index contributed by atoms with van der Waals surface area (Å²) in [6, 6.07) is 6.19. The summed E-state index contributed by atoms with van der Waals surface area (Å²) < 4.78 is 0. The number of carboxylic acids is 1. The fraction of sp³-hybridized carbons (Fsp3) is 0.533. The average Bonchev–Trinajstić information content (AvgIpc) is 2.39. The number of aromatic hydroxyl groups is 1. The monoisotopic (exact) mass is 278 g/mol. The molecule has 1 heterocycles. The van der Waals surface area contributed by atoms with Crippen LogP contribution in [0.3, 0.4) is 0 Å². The molecule has 2 unspecified atom stereocenters. The summed E-state index contributed by atoms with van der Waals surface area (Å²) in [6.45, 7) is 7.55. The molecule has 0 spiro atoms. The lowest BCUT2D eigenvalue weighted by Crippen LogP contribution is -2.53. The van der Waals surface area contributed by atoms with Crippen LogP contribution in [0.4, 0.5) is 0 Å². The molecule has 1 saturated heterocycles. The molecule has 5 nitrogen and oxygen atoms in total. The predicted molar refractivity (Wildman–Crippen MR) is 76.8 cm³/mol. The molecule has 5 heteroatoms. The zero-order valence-corrected chi connectivity index (χ0v) is 12.0. The van der Waals surface area contributed by atoms with E-state index >= 15 is 0 Å². The minimum absolute atomic E-state index is 0.106. The number of nitrogens with zero attached hydrogens (tertiary/aromatic N) is 2. The number of rotatable bonds is 4. The van der Waals surface area contributed by atoms with E-state index in [9.17, 15) is 15.0 Å². The second-order valence-electron chi connectivity index (χ2n) is 5.31. The van der Waals surface area contributed by atoms with Crippen LogP contribution in [0.15, 0.2) is 24.3 Å². The number of hydrogen-bond donors (Lipinski definition) is 2. The Kier molecular flexibility index (Phi) is 4.62. The van der Waals surface area contributed by atoms with Crippen molar-refractivity contribution in [2.24, 2.45) is 0 Å². The van der Waals surface area contributed by atoms with E-state index in [1.807, 2.05) is 4.90 Å². The van der Waals surface area contributed by atoms with Gasteiger partial charge >= 0.3 is 5.97 Å². The maximum Gasteiger partial charge on any atom is 0.325 e. The number of piperazine rings is 1. The van der Waals surface area contributed by atoms with Gasteiger partial charge < -0.3 is 10.2 Å². The Balaban J connectivity index is 2.20. The van der Waals surface area contributed by atoms with Crippen LogP contribution in [0.5, 0.6) is 5.75 Å². The molecule has 0 radical (unpaired) electrons. The van der Waals surface area contributed by atoms with Gasteiger partial charge in [0, 0.05) is 25.7 Å². The molecule has 1 aliphatic rings. The summed E-state index contributed by atoms with van der Waals surface area (Å²) >= 11 is 0. The van der Waals surface area contributed by atoms with Crippen LogP contribution in [-0.2, 0) is 4.79 Å². The minimum Gasteiger partial charge on any atom is -0.508 e. The third kappa shape index (κ3) is 3.11. The molecular formula is C15H22N2O3. The molecule has 1 fully saturated rings. The number of carboxylic acid groups (broad SMARTS) is 1. The molecular weight excluding hydrogens is 256 g/mol. The number of hydrogen-bond acceptors (Lipinski definition) is 4. The Morgan fingerprint density at radius 1 is 1.45 bits per heavy atom. The van der Waals surface area contributed by atoms with Gasteiger partial charge in [0.2, 0.25) is 0 Å². The molecule has 1 aromatic carbocycles. The lowest BCUT2D eigenvalue weighted by Gasteiger charge is -2.41. The first kappa shape index (κ1) is 14.8. The highest BCUT2D eigenvalue weighted by Crippen LogP contribution is 2.26. The van der Waals surface area contributed by atoms with Gasteiger partial charge in [-0.3, -0.25) is 14.6 Å². The Hall–Kier alpha value is -1.59. The number of likely N-dealkylation sites (N-methyl/N-ethyl adjacent to an activating group) is 1. The second kappa shape index (κ2) is 6.24. The highest BCUT2D eigenvalue weighted by molar-refractivity contribution is 5.75. The molecule has 2 N–H and O–H groups in total. The molecule has 0 saturated carbocycles. The first-order chi connectivity index (χ1) is 9.52. The third-order valence-corrected chi connectivity index (χ3v) is 3.99. The highest BCUT2D eigenvalue weighted by atomic mass is 16.4. The SMILES string of the molecule is CCN1CCN(C(C(=O)O)c2cccc(O)c2)CC1C. The zero-order chi connectivity index (χ0) is 14.7. The number of carbonyl (C=O) groups is 1. The molecule has 20 heavy (non-hydrogen) atoms. The molecule has 0 aliphatic carbocycles. The normalized spacial score (nSPS) is 22.6. The van der Waals surface area contributed by atoms with Crippen molar-refractivity contribution in [3.63, 3.8) is 0 Å². The van der Waals surface area contributed by atoms with Crippen LogP contribution >= 0.6 is 0 Å². The van der Waals surface area contributed by atoms with Crippen LogP contribution in [0.2, 0.25) is 0 Å². The van der Waals surface area contributed by atoms with Crippen molar-refractivity contribution < 1.29 is 15.0 Å².